The van der Waals surface area contributed by atoms with Crippen LogP contribution in [0.3, 0.4) is 0 Å². The summed E-state index contributed by atoms with van der Waals surface area (Å²) in [6, 6.07) is 11.3. The molecular formula is C20H24N2O4. The van der Waals surface area contributed by atoms with Crippen LogP contribution in [0.2, 0.25) is 0 Å². The third-order valence-corrected chi connectivity index (χ3v) is 5.12. The molecule has 0 saturated heterocycles. The van der Waals surface area contributed by atoms with Crippen LogP contribution in [0, 0.1) is 10.1 Å². The van der Waals surface area contributed by atoms with E-state index in [1.54, 1.807) is 26.4 Å². The van der Waals surface area contributed by atoms with E-state index in [0.717, 1.165) is 42.9 Å². The second-order valence-corrected chi connectivity index (χ2v) is 6.61. The van der Waals surface area contributed by atoms with Crippen LogP contribution in [0.4, 0.5) is 5.69 Å². The molecule has 0 saturated carbocycles. The Kier molecular flexibility index (Phi) is 5.42. The number of aryl methyl sites for hydroxylation is 1. The Morgan fingerprint density at radius 2 is 1.81 bits per heavy atom. The van der Waals surface area contributed by atoms with Crippen LogP contribution in [0.15, 0.2) is 36.4 Å². The molecule has 26 heavy (non-hydrogen) atoms. The van der Waals surface area contributed by atoms with Crippen molar-refractivity contribution in [1.82, 2.24) is 4.90 Å². The predicted molar refractivity (Wildman–Crippen MR) is 100 cm³/mol. The molecule has 3 rings (SSSR count). The number of nitrogens with zero attached hydrogens (tertiary/aromatic N) is 2. The molecular weight excluding hydrogens is 332 g/mol. The maximum absolute atomic E-state index is 10.8. The van der Waals surface area contributed by atoms with Crippen molar-refractivity contribution in [3.05, 3.63) is 63.2 Å². The highest BCUT2D eigenvalue weighted by atomic mass is 16.6. The summed E-state index contributed by atoms with van der Waals surface area (Å²) in [4.78, 5) is 12.8. The Morgan fingerprint density at radius 1 is 1.15 bits per heavy atom. The number of nitro benzene ring substituents is 1. The standard InChI is InChI=1S/C20H24N2O4/c1-21-11-10-15-12-19(25-2)20(26-3)13-17(15)18(21)9-6-14-4-7-16(8-5-14)22(23)24/h4-5,7-8,12-13,18H,6,9-11H2,1-3H3. The largest absolute Gasteiger partial charge is 0.493 e. The van der Waals surface area contributed by atoms with Crippen molar-refractivity contribution in [2.75, 3.05) is 27.8 Å². The fraction of sp³-hybridized carbons (Fsp3) is 0.400. The van der Waals surface area contributed by atoms with Crippen molar-refractivity contribution in [3.63, 3.8) is 0 Å². The summed E-state index contributed by atoms with van der Waals surface area (Å²) in [7, 11) is 5.45. The molecule has 0 amide bonds. The lowest BCUT2D eigenvalue weighted by molar-refractivity contribution is -0.384. The predicted octanol–water partition coefficient (Wildman–Crippen LogP) is 3.77. The zero-order valence-corrected chi connectivity index (χ0v) is 15.4. The number of benzene rings is 2. The number of non-ortho nitro benzene ring substituents is 1. The van der Waals surface area contributed by atoms with E-state index < -0.39 is 0 Å². The number of rotatable bonds is 6. The number of methoxy groups -OCH3 is 2. The lowest BCUT2D eigenvalue weighted by atomic mass is 9.89. The molecule has 1 aliphatic heterocycles. The number of fused-ring (bicyclic) bond motifs is 1. The molecule has 2 aromatic rings. The van der Waals surface area contributed by atoms with Gasteiger partial charge < -0.3 is 9.47 Å². The molecule has 1 unspecified atom stereocenters. The van der Waals surface area contributed by atoms with E-state index in [9.17, 15) is 10.1 Å². The lowest BCUT2D eigenvalue weighted by Crippen LogP contribution is -2.32. The number of likely N-dealkylation sites (N-methyl/N-ethyl adjacent to an activating group) is 1. The molecule has 6 heteroatoms. The van der Waals surface area contributed by atoms with E-state index in [1.807, 2.05) is 12.1 Å². The van der Waals surface area contributed by atoms with Gasteiger partial charge in [-0.25, -0.2) is 0 Å². The van der Waals surface area contributed by atoms with Crippen molar-refractivity contribution < 1.29 is 14.4 Å². The normalized spacial score (nSPS) is 16.8. The zero-order chi connectivity index (χ0) is 18.7. The minimum Gasteiger partial charge on any atom is -0.493 e. The number of ether oxygens (including phenoxy) is 2. The first-order valence-corrected chi connectivity index (χ1v) is 8.72. The van der Waals surface area contributed by atoms with Gasteiger partial charge in [0.2, 0.25) is 0 Å². The van der Waals surface area contributed by atoms with Gasteiger partial charge in [0.1, 0.15) is 0 Å². The van der Waals surface area contributed by atoms with Crippen LogP contribution in [-0.2, 0) is 12.8 Å². The molecule has 1 aliphatic rings. The van der Waals surface area contributed by atoms with Crippen molar-refractivity contribution in [2.45, 2.75) is 25.3 Å². The van der Waals surface area contributed by atoms with Gasteiger partial charge in [0.25, 0.3) is 5.69 Å². The molecule has 0 N–H and O–H groups in total. The van der Waals surface area contributed by atoms with Gasteiger partial charge in [-0.3, -0.25) is 15.0 Å². The molecule has 1 atom stereocenters. The highest BCUT2D eigenvalue weighted by molar-refractivity contribution is 5.49. The Labute approximate surface area is 153 Å². The average molecular weight is 356 g/mol. The first kappa shape index (κ1) is 18.2. The quantitative estimate of drug-likeness (QED) is 0.582. The summed E-state index contributed by atoms with van der Waals surface area (Å²) in [6.45, 7) is 0.993. The van der Waals surface area contributed by atoms with E-state index in [1.165, 1.54) is 11.1 Å². The van der Waals surface area contributed by atoms with Crippen LogP contribution < -0.4 is 9.47 Å². The van der Waals surface area contributed by atoms with Gasteiger partial charge in [-0.2, -0.15) is 0 Å². The van der Waals surface area contributed by atoms with Gasteiger partial charge >= 0.3 is 0 Å². The molecule has 6 nitrogen and oxygen atoms in total. The average Bonchev–Trinajstić information content (AvgIpc) is 2.66. The van der Waals surface area contributed by atoms with Gasteiger partial charge in [-0.1, -0.05) is 12.1 Å². The van der Waals surface area contributed by atoms with E-state index in [0.29, 0.717) is 0 Å². The molecule has 2 aromatic carbocycles. The monoisotopic (exact) mass is 356 g/mol. The number of hydrogen-bond donors (Lipinski definition) is 0. The molecule has 0 fully saturated rings. The molecule has 0 bridgehead atoms. The number of hydrogen-bond acceptors (Lipinski definition) is 5. The lowest BCUT2D eigenvalue weighted by Gasteiger charge is -2.35. The van der Waals surface area contributed by atoms with Gasteiger partial charge in [0, 0.05) is 24.7 Å². The van der Waals surface area contributed by atoms with Gasteiger partial charge in [-0.15, -0.1) is 0 Å². The summed E-state index contributed by atoms with van der Waals surface area (Å²) in [5.41, 5.74) is 3.81. The Hall–Kier alpha value is -2.60. The second-order valence-electron chi connectivity index (χ2n) is 6.61. The first-order valence-electron chi connectivity index (χ1n) is 8.72. The fourth-order valence-electron chi connectivity index (χ4n) is 3.62. The maximum Gasteiger partial charge on any atom is 0.269 e. The van der Waals surface area contributed by atoms with Gasteiger partial charge in [0.15, 0.2) is 11.5 Å². The Morgan fingerprint density at radius 3 is 2.42 bits per heavy atom. The fourth-order valence-corrected chi connectivity index (χ4v) is 3.62. The SMILES string of the molecule is COc1cc2c(cc1OC)C(CCc1ccc([N+](=O)[O-])cc1)N(C)CC2. The van der Waals surface area contributed by atoms with Crippen LogP contribution in [0.25, 0.3) is 0 Å². The van der Waals surface area contributed by atoms with Crippen LogP contribution in [0.5, 0.6) is 11.5 Å². The Bertz CT molecular complexity index is 789. The topological polar surface area (TPSA) is 64.8 Å². The molecule has 0 spiro atoms. The highest BCUT2D eigenvalue weighted by Crippen LogP contribution is 2.39. The second kappa shape index (κ2) is 7.74. The van der Waals surface area contributed by atoms with Gasteiger partial charge in [0.05, 0.1) is 19.1 Å². The summed E-state index contributed by atoms with van der Waals surface area (Å²) >= 11 is 0. The van der Waals surface area contributed by atoms with E-state index >= 15 is 0 Å². The van der Waals surface area contributed by atoms with Crippen LogP contribution in [-0.4, -0.2) is 37.6 Å². The minimum absolute atomic E-state index is 0.130. The summed E-state index contributed by atoms with van der Waals surface area (Å²) < 4.78 is 10.9. The molecule has 1 heterocycles. The smallest absolute Gasteiger partial charge is 0.269 e. The molecule has 0 radical (unpaired) electrons. The van der Waals surface area contributed by atoms with Crippen LogP contribution >= 0.6 is 0 Å². The summed E-state index contributed by atoms with van der Waals surface area (Å²) in [6.07, 6.45) is 2.79. The Balaban J connectivity index is 1.80. The zero-order valence-electron chi connectivity index (χ0n) is 15.4. The van der Waals surface area contributed by atoms with E-state index in [4.69, 9.17) is 9.47 Å². The third-order valence-electron chi connectivity index (χ3n) is 5.12. The third kappa shape index (κ3) is 3.65. The maximum atomic E-state index is 10.8. The molecule has 0 aliphatic carbocycles. The summed E-state index contributed by atoms with van der Waals surface area (Å²) in [5.74, 6) is 1.52. The highest BCUT2D eigenvalue weighted by Gasteiger charge is 2.26. The van der Waals surface area contributed by atoms with E-state index in [-0.39, 0.29) is 16.7 Å². The number of nitro groups is 1. The van der Waals surface area contributed by atoms with Crippen molar-refractivity contribution in [2.24, 2.45) is 0 Å². The minimum atomic E-state index is -0.366. The summed E-state index contributed by atoms with van der Waals surface area (Å²) in [5, 5.41) is 10.8. The first-order chi connectivity index (χ1) is 12.5. The van der Waals surface area contributed by atoms with Crippen molar-refractivity contribution >= 4 is 5.69 Å². The van der Waals surface area contributed by atoms with Crippen LogP contribution in [0.1, 0.15) is 29.2 Å². The van der Waals surface area contributed by atoms with E-state index in [2.05, 4.69) is 24.1 Å². The molecule has 138 valence electrons. The van der Waals surface area contributed by atoms with Crippen molar-refractivity contribution in [1.29, 1.82) is 0 Å². The molecule has 0 aromatic heterocycles. The van der Waals surface area contributed by atoms with Gasteiger partial charge in [-0.05, 0) is 55.1 Å². The van der Waals surface area contributed by atoms with Crippen molar-refractivity contribution in [3.8, 4) is 11.5 Å².